The topological polar surface area (TPSA) is 104 Å². The van der Waals surface area contributed by atoms with Crippen LogP contribution in [0.4, 0.5) is 18.9 Å². The average Bonchev–Trinajstić information content (AvgIpc) is 3.12. The lowest BCUT2D eigenvalue weighted by Gasteiger charge is -2.39. The summed E-state index contributed by atoms with van der Waals surface area (Å²) in [5, 5.41) is 24.9. The summed E-state index contributed by atoms with van der Waals surface area (Å²) in [5.74, 6) is 0. The van der Waals surface area contributed by atoms with Gasteiger partial charge in [0.2, 0.25) is 0 Å². The molecule has 0 bridgehead atoms. The Bertz CT molecular complexity index is 1060. The molecule has 9 nitrogen and oxygen atoms in total. The maximum absolute atomic E-state index is 12.8. The SMILES string of the molecule is OC(Nc1cn[nH]c1-c1cc2c(cn1)cnn2CC(F)(F)F)N1CCOCC12CC2. The summed E-state index contributed by atoms with van der Waals surface area (Å²) in [6.07, 6.45) is 0.916. The molecule has 1 saturated carbocycles. The number of aliphatic hydroxyl groups is 1. The van der Waals surface area contributed by atoms with E-state index in [2.05, 4.69) is 25.6 Å². The Morgan fingerprint density at radius 1 is 1.30 bits per heavy atom. The van der Waals surface area contributed by atoms with Gasteiger partial charge in [0.05, 0.1) is 42.5 Å². The fraction of sp³-hybridized carbons (Fsp3) is 0.500. The molecule has 1 unspecified atom stereocenters. The fourth-order valence-corrected chi connectivity index (χ4v) is 3.92. The first-order valence-corrected chi connectivity index (χ1v) is 9.56. The Hall–Kier alpha value is -2.70. The van der Waals surface area contributed by atoms with Crippen molar-refractivity contribution in [2.75, 3.05) is 25.1 Å². The van der Waals surface area contributed by atoms with Crippen LogP contribution in [0.3, 0.4) is 0 Å². The van der Waals surface area contributed by atoms with E-state index < -0.39 is 19.1 Å². The van der Waals surface area contributed by atoms with E-state index in [9.17, 15) is 18.3 Å². The summed E-state index contributed by atoms with van der Waals surface area (Å²) in [4.78, 5) is 6.29. The van der Waals surface area contributed by atoms with Gasteiger partial charge in [-0.2, -0.15) is 23.4 Å². The highest BCUT2D eigenvalue weighted by molar-refractivity contribution is 5.83. The molecule has 5 rings (SSSR count). The molecule has 1 spiro atoms. The molecular weight excluding hydrogens is 403 g/mol. The second kappa shape index (κ2) is 6.93. The van der Waals surface area contributed by atoms with Gasteiger partial charge in [0.15, 0.2) is 6.35 Å². The predicted molar refractivity (Wildman–Crippen MR) is 100 cm³/mol. The van der Waals surface area contributed by atoms with E-state index in [0.717, 1.165) is 17.5 Å². The van der Waals surface area contributed by atoms with E-state index in [1.807, 2.05) is 4.90 Å². The van der Waals surface area contributed by atoms with Crippen molar-refractivity contribution in [1.29, 1.82) is 0 Å². The van der Waals surface area contributed by atoms with Gasteiger partial charge in [0.1, 0.15) is 12.2 Å². The van der Waals surface area contributed by atoms with Crippen LogP contribution < -0.4 is 5.32 Å². The van der Waals surface area contributed by atoms with Crippen molar-refractivity contribution < 1.29 is 23.0 Å². The number of aliphatic hydroxyl groups excluding tert-OH is 1. The summed E-state index contributed by atoms with van der Waals surface area (Å²) >= 11 is 0. The minimum absolute atomic E-state index is 0.129. The van der Waals surface area contributed by atoms with Gasteiger partial charge in [-0.15, -0.1) is 0 Å². The third-order valence-corrected chi connectivity index (χ3v) is 5.61. The maximum atomic E-state index is 12.8. The molecule has 0 aromatic carbocycles. The van der Waals surface area contributed by atoms with Crippen molar-refractivity contribution in [2.24, 2.45) is 0 Å². The van der Waals surface area contributed by atoms with Crippen molar-refractivity contribution in [3.05, 3.63) is 24.7 Å². The number of hydrogen-bond donors (Lipinski definition) is 3. The smallest absolute Gasteiger partial charge is 0.378 e. The molecular formula is C18H20F3N7O2. The quantitative estimate of drug-likeness (QED) is 0.539. The zero-order valence-electron chi connectivity index (χ0n) is 15.9. The van der Waals surface area contributed by atoms with E-state index in [0.29, 0.717) is 47.7 Å². The molecule has 1 saturated heterocycles. The molecule has 160 valence electrons. The van der Waals surface area contributed by atoms with Gasteiger partial charge >= 0.3 is 6.18 Å². The Labute approximate surface area is 168 Å². The molecule has 3 aromatic rings. The first-order valence-electron chi connectivity index (χ1n) is 9.56. The molecule has 2 fully saturated rings. The Morgan fingerprint density at radius 3 is 2.90 bits per heavy atom. The molecule has 4 heterocycles. The first kappa shape index (κ1) is 19.3. The third kappa shape index (κ3) is 3.50. The van der Waals surface area contributed by atoms with Gasteiger partial charge < -0.3 is 15.2 Å². The van der Waals surface area contributed by atoms with Gasteiger partial charge in [-0.3, -0.25) is 19.7 Å². The number of H-pyrrole nitrogens is 1. The van der Waals surface area contributed by atoms with Crippen LogP contribution in [-0.4, -0.2) is 72.8 Å². The molecule has 3 aromatic heterocycles. The highest BCUT2D eigenvalue weighted by Crippen LogP contribution is 2.44. The summed E-state index contributed by atoms with van der Waals surface area (Å²) in [5.41, 5.74) is 1.54. The average molecular weight is 423 g/mol. The van der Waals surface area contributed by atoms with E-state index in [1.54, 1.807) is 0 Å². The minimum Gasteiger partial charge on any atom is -0.378 e. The predicted octanol–water partition coefficient (Wildman–Crippen LogP) is 1.94. The Balaban J connectivity index is 1.41. The summed E-state index contributed by atoms with van der Waals surface area (Å²) in [6, 6.07) is 1.52. The summed E-state index contributed by atoms with van der Waals surface area (Å²) in [6.45, 7) is 0.541. The molecule has 1 aliphatic heterocycles. The van der Waals surface area contributed by atoms with Crippen molar-refractivity contribution >= 4 is 16.6 Å². The number of rotatable bonds is 5. The van der Waals surface area contributed by atoms with Gasteiger partial charge in [-0.1, -0.05) is 0 Å². The number of nitrogens with one attached hydrogen (secondary N) is 2. The van der Waals surface area contributed by atoms with Crippen LogP contribution >= 0.6 is 0 Å². The van der Waals surface area contributed by atoms with Crippen LogP contribution in [0, 0.1) is 0 Å². The van der Waals surface area contributed by atoms with Crippen molar-refractivity contribution in [1.82, 2.24) is 29.9 Å². The molecule has 1 aliphatic carbocycles. The highest BCUT2D eigenvalue weighted by Gasteiger charge is 2.52. The third-order valence-electron chi connectivity index (χ3n) is 5.61. The number of morpholine rings is 1. The van der Waals surface area contributed by atoms with Gasteiger partial charge in [0.25, 0.3) is 0 Å². The molecule has 12 heteroatoms. The first-order chi connectivity index (χ1) is 14.3. The molecule has 1 atom stereocenters. The van der Waals surface area contributed by atoms with E-state index >= 15 is 0 Å². The van der Waals surface area contributed by atoms with E-state index in [1.165, 1.54) is 24.7 Å². The molecule has 2 aliphatic rings. The number of nitrogens with zero attached hydrogens (tertiary/aromatic N) is 5. The maximum Gasteiger partial charge on any atom is 0.408 e. The fourth-order valence-electron chi connectivity index (χ4n) is 3.92. The number of fused-ring (bicyclic) bond motifs is 1. The number of hydrogen-bond acceptors (Lipinski definition) is 7. The number of pyridine rings is 1. The van der Waals surface area contributed by atoms with Crippen molar-refractivity contribution in [3.8, 4) is 11.4 Å². The largest absolute Gasteiger partial charge is 0.408 e. The van der Waals surface area contributed by atoms with E-state index in [4.69, 9.17) is 4.74 Å². The lowest BCUT2D eigenvalue weighted by atomic mass is 10.2. The van der Waals surface area contributed by atoms with Crippen molar-refractivity contribution in [3.63, 3.8) is 0 Å². The van der Waals surface area contributed by atoms with E-state index in [-0.39, 0.29) is 5.54 Å². The number of anilines is 1. The van der Waals surface area contributed by atoms with Crippen molar-refractivity contribution in [2.45, 2.75) is 37.5 Å². The summed E-state index contributed by atoms with van der Waals surface area (Å²) < 4.78 is 44.9. The number of alkyl halides is 3. The Kier molecular flexibility index (Phi) is 4.45. The standard InChI is InChI=1S/C18H20F3N7O2/c19-18(20,21)9-28-14-5-12(22-6-11(14)7-24-28)15-13(8-23-26-15)25-16(29)27-3-4-30-10-17(27)1-2-17/h5-8,16,25,29H,1-4,9-10H2,(H,23,26). The lowest BCUT2D eigenvalue weighted by Crippen LogP contribution is -2.55. The van der Waals surface area contributed by atoms with Crippen LogP contribution in [0.2, 0.25) is 0 Å². The number of aromatic nitrogens is 5. The van der Waals surface area contributed by atoms with Gasteiger partial charge in [-0.25, -0.2) is 0 Å². The zero-order valence-corrected chi connectivity index (χ0v) is 15.9. The second-order valence-corrected chi connectivity index (χ2v) is 7.69. The normalized spacial score (nSPS) is 20.0. The summed E-state index contributed by atoms with van der Waals surface area (Å²) in [7, 11) is 0. The highest BCUT2D eigenvalue weighted by atomic mass is 19.4. The van der Waals surface area contributed by atoms with Crippen LogP contribution in [-0.2, 0) is 11.3 Å². The van der Waals surface area contributed by atoms with Crippen LogP contribution in [0.15, 0.2) is 24.7 Å². The number of ether oxygens (including phenoxy) is 1. The second-order valence-electron chi connectivity index (χ2n) is 7.69. The molecule has 0 radical (unpaired) electrons. The monoisotopic (exact) mass is 423 g/mol. The number of halogens is 3. The Morgan fingerprint density at radius 2 is 2.13 bits per heavy atom. The van der Waals surface area contributed by atoms with Crippen LogP contribution in [0.1, 0.15) is 12.8 Å². The molecule has 0 amide bonds. The molecule has 3 N–H and O–H groups in total. The van der Waals surface area contributed by atoms with Gasteiger partial charge in [0, 0.05) is 23.7 Å². The lowest BCUT2D eigenvalue weighted by molar-refractivity contribution is -0.141. The van der Waals surface area contributed by atoms with Crippen LogP contribution in [0.5, 0.6) is 0 Å². The van der Waals surface area contributed by atoms with Gasteiger partial charge in [-0.05, 0) is 18.9 Å². The minimum atomic E-state index is -4.38. The number of aromatic amines is 1. The zero-order chi connectivity index (χ0) is 20.9. The molecule has 30 heavy (non-hydrogen) atoms. The van der Waals surface area contributed by atoms with Crippen LogP contribution in [0.25, 0.3) is 22.3 Å².